The summed E-state index contributed by atoms with van der Waals surface area (Å²) in [6.07, 6.45) is 8.97. The number of aromatic nitrogens is 1. The maximum Gasteiger partial charge on any atom is 0.255 e. The standard InChI is InChI=1S/C21H27FN2O2/c1-14-12-23-21(25)17-6-7-18(20(22)19(14)17)26-16-8-10-24(11-9-16)13-15-4-2-3-5-15/h6-7,12,15-16H,2-5,8-11,13H2,1H3,(H,23,25). The van der Waals surface area contributed by atoms with Crippen LogP contribution in [-0.2, 0) is 0 Å². The maximum absolute atomic E-state index is 14.9. The molecule has 0 radical (unpaired) electrons. The van der Waals surface area contributed by atoms with Crippen LogP contribution >= 0.6 is 0 Å². The summed E-state index contributed by atoms with van der Waals surface area (Å²) in [7, 11) is 0. The lowest BCUT2D eigenvalue weighted by Gasteiger charge is -2.33. The van der Waals surface area contributed by atoms with Gasteiger partial charge in [0.05, 0.1) is 5.39 Å². The number of nitrogens with one attached hydrogen (secondary N) is 1. The first-order valence-corrected chi connectivity index (χ1v) is 9.81. The van der Waals surface area contributed by atoms with Crippen molar-refractivity contribution in [3.63, 3.8) is 0 Å². The van der Waals surface area contributed by atoms with Crippen LogP contribution in [0.4, 0.5) is 4.39 Å². The Morgan fingerprint density at radius 3 is 2.65 bits per heavy atom. The molecule has 0 unspecified atom stereocenters. The van der Waals surface area contributed by atoms with Crippen LogP contribution in [0.25, 0.3) is 10.8 Å². The van der Waals surface area contributed by atoms with Gasteiger partial charge in [0.1, 0.15) is 6.10 Å². The highest BCUT2D eigenvalue weighted by molar-refractivity contribution is 5.86. The third kappa shape index (κ3) is 3.50. The van der Waals surface area contributed by atoms with E-state index in [2.05, 4.69) is 9.88 Å². The molecule has 1 aliphatic carbocycles. The van der Waals surface area contributed by atoms with Crippen molar-refractivity contribution >= 4 is 10.8 Å². The van der Waals surface area contributed by atoms with Gasteiger partial charge in [-0.15, -0.1) is 0 Å². The van der Waals surface area contributed by atoms with Gasteiger partial charge in [0.25, 0.3) is 5.56 Å². The number of piperidine rings is 1. The van der Waals surface area contributed by atoms with Crippen LogP contribution < -0.4 is 10.3 Å². The Morgan fingerprint density at radius 1 is 1.19 bits per heavy atom. The lowest BCUT2D eigenvalue weighted by atomic mass is 10.0. The van der Waals surface area contributed by atoms with E-state index in [1.54, 1.807) is 25.3 Å². The van der Waals surface area contributed by atoms with Crippen molar-refractivity contribution in [3.05, 3.63) is 40.1 Å². The number of benzene rings is 1. The molecule has 5 heteroatoms. The summed E-state index contributed by atoms with van der Waals surface area (Å²) in [5.74, 6) is 0.714. The number of ether oxygens (including phenoxy) is 1. The molecule has 1 saturated heterocycles. The number of likely N-dealkylation sites (tertiary alicyclic amines) is 1. The van der Waals surface area contributed by atoms with Gasteiger partial charge in [0.15, 0.2) is 11.6 Å². The third-order valence-electron chi connectivity index (χ3n) is 5.98. The predicted octanol–water partition coefficient (Wildman–Crippen LogP) is 4.01. The number of rotatable bonds is 4. The van der Waals surface area contributed by atoms with Crippen molar-refractivity contribution in [2.75, 3.05) is 19.6 Å². The zero-order chi connectivity index (χ0) is 18.1. The van der Waals surface area contributed by atoms with Crippen LogP contribution in [0, 0.1) is 18.7 Å². The van der Waals surface area contributed by atoms with Crippen molar-refractivity contribution in [2.45, 2.75) is 51.6 Å². The van der Waals surface area contributed by atoms with Crippen molar-refractivity contribution in [1.82, 2.24) is 9.88 Å². The zero-order valence-electron chi connectivity index (χ0n) is 15.4. The smallest absolute Gasteiger partial charge is 0.255 e. The molecule has 1 aromatic carbocycles. The molecule has 26 heavy (non-hydrogen) atoms. The van der Waals surface area contributed by atoms with E-state index < -0.39 is 5.82 Å². The quantitative estimate of drug-likeness (QED) is 0.898. The molecule has 0 spiro atoms. The molecule has 4 rings (SSSR count). The summed E-state index contributed by atoms with van der Waals surface area (Å²) in [6, 6.07) is 3.26. The van der Waals surface area contributed by atoms with E-state index in [0.29, 0.717) is 16.3 Å². The zero-order valence-corrected chi connectivity index (χ0v) is 15.4. The van der Waals surface area contributed by atoms with Gasteiger partial charge in [-0.05, 0) is 56.2 Å². The van der Waals surface area contributed by atoms with Gasteiger partial charge in [0.2, 0.25) is 0 Å². The normalized spacial score (nSPS) is 20.1. The van der Waals surface area contributed by atoms with E-state index in [4.69, 9.17) is 4.74 Å². The average molecular weight is 358 g/mol. The topological polar surface area (TPSA) is 45.3 Å². The van der Waals surface area contributed by atoms with Crippen molar-refractivity contribution in [2.24, 2.45) is 5.92 Å². The second-order valence-electron chi connectivity index (χ2n) is 7.87. The SMILES string of the molecule is Cc1c[nH]c(=O)c2ccc(OC3CCN(CC4CCCC4)CC3)c(F)c12. The highest BCUT2D eigenvalue weighted by Gasteiger charge is 2.25. The van der Waals surface area contributed by atoms with Gasteiger partial charge >= 0.3 is 0 Å². The molecule has 4 nitrogen and oxygen atoms in total. The molecule has 1 aromatic heterocycles. The summed E-state index contributed by atoms with van der Waals surface area (Å²) >= 11 is 0. The summed E-state index contributed by atoms with van der Waals surface area (Å²) in [6.45, 7) is 5.05. The minimum atomic E-state index is -0.417. The molecule has 1 N–H and O–H groups in total. The lowest BCUT2D eigenvalue weighted by Crippen LogP contribution is -2.40. The lowest BCUT2D eigenvalue weighted by molar-refractivity contribution is 0.0889. The molecule has 0 bridgehead atoms. The van der Waals surface area contributed by atoms with E-state index in [1.807, 2.05) is 0 Å². The number of hydrogen-bond acceptors (Lipinski definition) is 3. The highest BCUT2D eigenvalue weighted by atomic mass is 19.1. The van der Waals surface area contributed by atoms with Crippen LogP contribution in [0.15, 0.2) is 23.1 Å². The van der Waals surface area contributed by atoms with E-state index in [-0.39, 0.29) is 17.4 Å². The Balaban J connectivity index is 1.43. The van der Waals surface area contributed by atoms with Crippen LogP contribution in [0.5, 0.6) is 5.75 Å². The first kappa shape index (κ1) is 17.5. The number of pyridine rings is 1. The maximum atomic E-state index is 14.9. The fourth-order valence-corrected chi connectivity index (χ4v) is 4.49. The number of aromatic amines is 1. The minimum absolute atomic E-state index is 0.0454. The minimum Gasteiger partial charge on any atom is -0.487 e. The van der Waals surface area contributed by atoms with Gasteiger partial charge in [-0.3, -0.25) is 4.79 Å². The monoisotopic (exact) mass is 358 g/mol. The second-order valence-corrected chi connectivity index (χ2v) is 7.87. The Labute approximate surface area is 153 Å². The molecular formula is C21H27FN2O2. The Bertz CT molecular complexity index is 834. The summed E-state index contributed by atoms with van der Waals surface area (Å²) in [4.78, 5) is 17.1. The number of fused-ring (bicyclic) bond motifs is 1. The van der Waals surface area contributed by atoms with Crippen LogP contribution in [0.2, 0.25) is 0 Å². The van der Waals surface area contributed by atoms with Gasteiger partial charge in [-0.25, -0.2) is 4.39 Å². The van der Waals surface area contributed by atoms with Crippen LogP contribution in [0.1, 0.15) is 44.1 Å². The Morgan fingerprint density at radius 2 is 1.92 bits per heavy atom. The van der Waals surface area contributed by atoms with Gasteiger partial charge < -0.3 is 14.6 Å². The van der Waals surface area contributed by atoms with Crippen molar-refractivity contribution < 1.29 is 9.13 Å². The van der Waals surface area contributed by atoms with Crippen molar-refractivity contribution in [3.8, 4) is 5.75 Å². The largest absolute Gasteiger partial charge is 0.487 e. The predicted molar refractivity (Wildman–Crippen MR) is 101 cm³/mol. The first-order chi connectivity index (χ1) is 12.6. The molecule has 2 aromatic rings. The molecule has 1 saturated carbocycles. The molecule has 2 aliphatic rings. The summed E-state index contributed by atoms with van der Waals surface area (Å²) < 4.78 is 20.9. The molecule has 0 amide bonds. The summed E-state index contributed by atoms with van der Waals surface area (Å²) in [5.41, 5.74) is 0.449. The molecule has 1 aliphatic heterocycles. The summed E-state index contributed by atoms with van der Waals surface area (Å²) in [5, 5.41) is 0.742. The van der Waals surface area contributed by atoms with Gasteiger partial charge in [-0.2, -0.15) is 0 Å². The molecule has 2 fully saturated rings. The number of aryl methyl sites for hydroxylation is 1. The third-order valence-corrected chi connectivity index (χ3v) is 5.98. The molecular weight excluding hydrogens is 331 g/mol. The number of halogens is 1. The van der Waals surface area contributed by atoms with E-state index in [9.17, 15) is 9.18 Å². The van der Waals surface area contributed by atoms with Gasteiger partial charge in [-0.1, -0.05) is 12.8 Å². The van der Waals surface area contributed by atoms with E-state index >= 15 is 0 Å². The highest BCUT2D eigenvalue weighted by Crippen LogP contribution is 2.30. The van der Waals surface area contributed by atoms with Crippen LogP contribution in [0.3, 0.4) is 0 Å². The first-order valence-electron chi connectivity index (χ1n) is 9.81. The number of H-pyrrole nitrogens is 1. The molecule has 2 heterocycles. The average Bonchev–Trinajstić information content (AvgIpc) is 3.15. The van der Waals surface area contributed by atoms with E-state index in [0.717, 1.165) is 31.8 Å². The Hall–Kier alpha value is -1.88. The van der Waals surface area contributed by atoms with Crippen molar-refractivity contribution in [1.29, 1.82) is 0 Å². The molecule has 0 atom stereocenters. The number of hydrogen-bond donors (Lipinski definition) is 1. The number of nitrogens with zero attached hydrogens (tertiary/aromatic N) is 1. The fourth-order valence-electron chi connectivity index (χ4n) is 4.49. The molecule has 140 valence electrons. The second kappa shape index (κ2) is 7.39. The van der Waals surface area contributed by atoms with Crippen LogP contribution in [-0.4, -0.2) is 35.6 Å². The Kier molecular flexibility index (Phi) is 4.98. The fraction of sp³-hybridized carbons (Fsp3) is 0.571. The van der Waals surface area contributed by atoms with Gasteiger partial charge in [0, 0.05) is 31.2 Å². The van der Waals surface area contributed by atoms with E-state index in [1.165, 1.54) is 32.2 Å².